The van der Waals surface area contributed by atoms with Crippen LogP contribution in [0.5, 0.6) is 0 Å². The van der Waals surface area contributed by atoms with E-state index in [-0.39, 0.29) is 29.7 Å². The van der Waals surface area contributed by atoms with Crippen molar-refractivity contribution in [1.82, 2.24) is 29.5 Å². The first-order valence-corrected chi connectivity index (χ1v) is 10.7. The van der Waals surface area contributed by atoms with Crippen LogP contribution in [0.1, 0.15) is 18.9 Å². The Hall–Kier alpha value is -2.72. The molecule has 0 saturated carbocycles. The van der Waals surface area contributed by atoms with Crippen molar-refractivity contribution in [1.29, 1.82) is 0 Å². The van der Waals surface area contributed by atoms with Crippen LogP contribution in [-0.2, 0) is 4.79 Å². The zero-order valence-corrected chi connectivity index (χ0v) is 17.7. The fraction of sp³-hybridized carbons (Fsp3) is 0.400. The second-order valence-electron chi connectivity index (χ2n) is 7.52. The lowest BCUT2D eigenvalue weighted by Gasteiger charge is -2.14. The maximum atomic E-state index is 13.2. The van der Waals surface area contributed by atoms with E-state index in [1.807, 2.05) is 14.1 Å². The molecule has 3 heterocycles. The van der Waals surface area contributed by atoms with Gasteiger partial charge >= 0.3 is 0 Å². The van der Waals surface area contributed by atoms with Gasteiger partial charge in [0, 0.05) is 18.7 Å². The average Bonchev–Trinajstić information content (AvgIpc) is 3.31. The number of hydrogen-bond acceptors (Lipinski definition) is 6. The number of aromatic nitrogens is 4. The minimum absolute atomic E-state index is 0.0683. The van der Waals surface area contributed by atoms with Crippen LogP contribution in [-0.4, -0.2) is 63.1 Å². The maximum absolute atomic E-state index is 13.2. The normalized spacial score (nSPS) is 15.7. The van der Waals surface area contributed by atoms with Crippen molar-refractivity contribution in [2.75, 3.05) is 32.9 Å². The Labute approximate surface area is 177 Å². The van der Waals surface area contributed by atoms with Crippen LogP contribution in [0.15, 0.2) is 40.4 Å². The molecular weight excluding hydrogens is 407 g/mol. The molecule has 0 saturated heterocycles. The van der Waals surface area contributed by atoms with Gasteiger partial charge in [0.15, 0.2) is 10.8 Å². The molecule has 3 aromatic rings. The Morgan fingerprint density at radius 1 is 1.33 bits per heavy atom. The maximum Gasteiger partial charge on any atom is 0.265 e. The zero-order valence-electron chi connectivity index (χ0n) is 16.8. The highest BCUT2D eigenvalue weighted by Crippen LogP contribution is 2.33. The van der Waals surface area contributed by atoms with E-state index in [2.05, 4.69) is 20.3 Å². The van der Waals surface area contributed by atoms with Gasteiger partial charge in [-0.1, -0.05) is 11.8 Å². The third-order valence-corrected chi connectivity index (χ3v) is 6.06. The molecule has 30 heavy (non-hydrogen) atoms. The molecule has 1 atom stereocenters. The fourth-order valence-electron chi connectivity index (χ4n) is 3.46. The number of nitrogens with zero attached hydrogens (tertiary/aromatic N) is 5. The van der Waals surface area contributed by atoms with Crippen LogP contribution >= 0.6 is 11.8 Å². The highest BCUT2D eigenvalue weighted by atomic mass is 32.2. The number of carbonyl (C=O) groups excluding carboxylic acids is 1. The number of halogens is 1. The number of amides is 1. The molecule has 0 bridgehead atoms. The van der Waals surface area contributed by atoms with Gasteiger partial charge < -0.3 is 10.2 Å². The van der Waals surface area contributed by atoms with E-state index in [0.29, 0.717) is 34.2 Å². The summed E-state index contributed by atoms with van der Waals surface area (Å²) in [4.78, 5) is 32.1. The predicted octanol–water partition coefficient (Wildman–Crippen LogP) is 1.83. The standard InChI is InChI=1S/C20H23FN6O2S/c1-25(2)9-3-8-22-17(28)10-15-12-30-20-24-18-16(19(29)26(15)20)11-23-27(18)14-6-4-13(21)5-7-14/h4-7,11,15H,3,8-10,12H2,1-2H3,(H,22,28)/t15-/m0/s1. The summed E-state index contributed by atoms with van der Waals surface area (Å²) in [6.45, 7) is 1.52. The van der Waals surface area contributed by atoms with E-state index in [1.54, 1.807) is 16.7 Å². The summed E-state index contributed by atoms with van der Waals surface area (Å²) in [7, 11) is 3.99. The van der Waals surface area contributed by atoms with E-state index in [9.17, 15) is 14.0 Å². The lowest BCUT2D eigenvalue weighted by atomic mass is 10.2. The van der Waals surface area contributed by atoms with Crippen molar-refractivity contribution in [3.63, 3.8) is 0 Å². The number of rotatable bonds is 7. The van der Waals surface area contributed by atoms with E-state index >= 15 is 0 Å². The summed E-state index contributed by atoms with van der Waals surface area (Å²) in [5.74, 6) is 0.202. The highest BCUT2D eigenvalue weighted by molar-refractivity contribution is 7.99. The molecule has 4 rings (SSSR count). The molecule has 8 nitrogen and oxygen atoms in total. The first-order valence-electron chi connectivity index (χ1n) is 9.74. The number of fused-ring (bicyclic) bond motifs is 2. The van der Waals surface area contributed by atoms with Gasteiger partial charge in [0.1, 0.15) is 11.2 Å². The molecule has 10 heteroatoms. The SMILES string of the molecule is CN(C)CCCNC(=O)C[C@H]1CSc2nc3c(cnn3-c3ccc(F)cc3)c(=O)n21. The molecule has 1 N–H and O–H groups in total. The molecule has 0 spiro atoms. The Morgan fingerprint density at radius 2 is 2.10 bits per heavy atom. The lowest BCUT2D eigenvalue weighted by molar-refractivity contribution is -0.121. The first kappa shape index (κ1) is 20.5. The van der Waals surface area contributed by atoms with Gasteiger partial charge in [-0.3, -0.25) is 14.2 Å². The summed E-state index contributed by atoms with van der Waals surface area (Å²) in [5, 5.41) is 8.15. The molecule has 1 aliphatic heterocycles. The second-order valence-corrected chi connectivity index (χ2v) is 8.50. The third kappa shape index (κ3) is 4.10. The summed E-state index contributed by atoms with van der Waals surface area (Å²) in [6, 6.07) is 5.61. The fourth-order valence-corrected chi connectivity index (χ4v) is 4.59. The Morgan fingerprint density at radius 3 is 2.83 bits per heavy atom. The minimum Gasteiger partial charge on any atom is -0.356 e. The molecule has 1 aromatic carbocycles. The molecule has 2 aromatic heterocycles. The van der Waals surface area contributed by atoms with Crippen LogP contribution in [0.25, 0.3) is 16.7 Å². The van der Waals surface area contributed by atoms with E-state index in [4.69, 9.17) is 0 Å². The van der Waals surface area contributed by atoms with Crippen LogP contribution < -0.4 is 10.9 Å². The summed E-state index contributed by atoms with van der Waals surface area (Å²) in [5.41, 5.74) is 0.845. The smallest absolute Gasteiger partial charge is 0.265 e. The van der Waals surface area contributed by atoms with Crippen LogP contribution in [0, 0.1) is 5.82 Å². The van der Waals surface area contributed by atoms with Crippen molar-refractivity contribution < 1.29 is 9.18 Å². The molecule has 158 valence electrons. The van der Waals surface area contributed by atoms with Crippen LogP contribution in [0.3, 0.4) is 0 Å². The molecule has 0 radical (unpaired) electrons. The highest BCUT2D eigenvalue weighted by Gasteiger charge is 2.29. The van der Waals surface area contributed by atoms with Crippen molar-refractivity contribution in [2.45, 2.75) is 24.0 Å². The van der Waals surface area contributed by atoms with Crippen LogP contribution in [0.2, 0.25) is 0 Å². The van der Waals surface area contributed by atoms with Gasteiger partial charge in [0.25, 0.3) is 5.56 Å². The summed E-state index contributed by atoms with van der Waals surface area (Å²) >= 11 is 1.45. The Kier molecular flexibility index (Phi) is 5.87. The quantitative estimate of drug-likeness (QED) is 0.455. The molecule has 0 unspecified atom stereocenters. The predicted molar refractivity (Wildman–Crippen MR) is 114 cm³/mol. The van der Waals surface area contributed by atoms with Crippen LogP contribution in [0.4, 0.5) is 4.39 Å². The second kappa shape index (κ2) is 8.57. The Balaban J connectivity index is 1.55. The van der Waals surface area contributed by atoms with Gasteiger partial charge in [-0.2, -0.15) is 5.10 Å². The monoisotopic (exact) mass is 430 g/mol. The molecule has 1 aliphatic rings. The van der Waals surface area contributed by atoms with E-state index in [0.717, 1.165) is 13.0 Å². The van der Waals surface area contributed by atoms with E-state index in [1.165, 1.54) is 34.8 Å². The largest absolute Gasteiger partial charge is 0.356 e. The topological polar surface area (TPSA) is 85.1 Å². The van der Waals surface area contributed by atoms with Crippen molar-refractivity contribution in [3.8, 4) is 5.69 Å². The number of carbonyl (C=O) groups is 1. The molecule has 0 fully saturated rings. The van der Waals surface area contributed by atoms with Gasteiger partial charge in [-0.05, 0) is 51.3 Å². The van der Waals surface area contributed by atoms with Crippen molar-refractivity contribution in [2.24, 2.45) is 0 Å². The lowest BCUT2D eigenvalue weighted by Crippen LogP contribution is -2.32. The summed E-state index contributed by atoms with van der Waals surface area (Å²) in [6.07, 6.45) is 2.59. The van der Waals surface area contributed by atoms with Crippen molar-refractivity contribution in [3.05, 3.63) is 46.6 Å². The van der Waals surface area contributed by atoms with Gasteiger partial charge in [0.2, 0.25) is 5.91 Å². The number of benzene rings is 1. The van der Waals surface area contributed by atoms with Gasteiger partial charge in [-0.15, -0.1) is 0 Å². The molecule has 1 amide bonds. The van der Waals surface area contributed by atoms with E-state index < -0.39 is 0 Å². The molecule has 0 aliphatic carbocycles. The Bertz CT molecular complexity index is 1120. The first-order chi connectivity index (χ1) is 14.4. The number of thioether (sulfide) groups is 1. The van der Waals surface area contributed by atoms with Crippen molar-refractivity contribution >= 4 is 28.7 Å². The number of nitrogens with one attached hydrogen (secondary N) is 1. The number of hydrogen-bond donors (Lipinski definition) is 1. The summed E-state index contributed by atoms with van der Waals surface area (Å²) < 4.78 is 16.4. The minimum atomic E-state index is -0.345. The third-order valence-electron chi connectivity index (χ3n) is 4.97. The molecular formula is C20H23FN6O2S. The van der Waals surface area contributed by atoms with Gasteiger partial charge in [0.05, 0.1) is 17.9 Å². The average molecular weight is 431 g/mol. The zero-order chi connectivity index (χ0) is 21.3. The van der Waals surface area contributed by atoms with Gasteiger partial charge in [-0.25, -0.2) is 14.1 Å².